The molecular weight excluding hydrogens is 322 g/mol. The van der Waals surface area contributed by atoms with Crippen LogP contribution >= 0.6 is 0 Å². The van der Waals surface area contributed by atoms with Gasteiger partial charge in [-0.25, -0.2) is 4.98 Å². The summed E-state index contributed by atoms with van der Waals surface area (Å²) in [5.41, 5.74) is 22.0. The molecule has 0 aliphatic heterocycles. The highest BCUT2D eigenvalue weighted by Crippen LogP contribution is 2.34. The van der Waals surface area contributed by atoms with Crippen LogP contribution < -0.4 is 22.5 Å². The zero-order chi connectivity index (χ0) is 18.4. The number of rotatable bonds is 7. The lowest BCUT2D eigenvalue weighted by atomic mass is 9.87. The van der Waals surface area contributed by atoms with Gasteiger partial charge in [0.05, 0.1) is 5.69 Å². The van der Waals surface area contributed by atoms with Gasteiger partial charge in [0, 0.05) is 12.5 Å². The molecule has 0 aliphatic carbocycles. The topological polar surface area (TPSA) is 103 Å². The summed E-state index contributed by atoms with van der Waals surface area (Å²) in [5.74, 6) is 0.787. The number of anilines is 3. The van der Waals surface area contributed by atoms with E-state index in [9.17, 15) is 0 Å². The Bertz CT molecular complexity index is 834. The highest BCUT2D eigenvalue weighted by Gasteiger charge is 2.19. The Hall–Kier alpha value is -3.05. The third-order valence-corrected chi connectivity index (χ3v) is 4.50. The van der Waals surface area contributed by atoms with E-state index in [0.717, 1.165) is 25.1 Å². The average molecular weight is 347 g/mol. The smallest absolute Gasteiger partial charge is 0.149 e. The first-order valence-corrected chi connectivity index (χ1v) is 8.76. The third kappa shape index (κ3) is 4.32. The molecule has 1 heterocycles. The lowest BCUT2D eigenvalue weighted by molar-refractivity contribution is 0.612. The lowest BCUT2D eigenvalue weighted by Crippen LogP contribution is -2.19. The van der Waals surface area contributed by atoms with Crippen LogP contribution in [0.1, 0.15) is 29.0 Å². The second kappa shape index (κ2) is 8.36. The molecule has 2 aromatic carbocycles. The van der Waals surface area contributed by atoms with Crippen molar-refractivity contribution >= 4 is 17.3 Å². The fourth-order valence-corrected chi connectivity index (χ4v) is 3.17. The summed E-state index contributed by atoms with van der Waals surface area (Å²) in [6, 6.07) is 22.5. The van der Waals surface area contributed by atoms with E-state index < -0.39 is 0 Å². The van der Waals surface area contributed by atoms with E-state index in [-0.39, 0.29) is 11.7 Å². The first kappa shape index (κ1) is 17.8. The van der Waals surface area contributed by atoms with Crippen molar-refractivity contribution in [3.05, 3.63) is 83.4 Å². The van der Waals surface area contributed by atoms with E-state index in [2.05, 4.69) is 34.6 Å². The quantitative estimate of drug-likeness (QED) is 0.492. The molecule has 0 amide bonds. The predicted octanol–water partition coefficient (Wildman–Crippen LogP) is 3.14. The van der Waals surface area contributed by atoms with Gasteiger partial charge in [0.15, 0.2) is 0 Å². The molecule has 1 aromatic heterocycles. The Balaban J connectivity index is 1.77. The number of nitrogens with zero attached hydrogens (tertiary/aromatic N) is 1. The molecular formula is C21H25N5. The normalized spacial score (nSPS) is 12.0. The van der Waals surface area contributed by atoms with Crippen LogP contribution in [0.2, 0.25) is 0 Å². The van der Waals surface area contributed by atoms with Crippen LogP contribution in [0, 0.1) is 0 Å². The fourth-order valence-electron chi connectivity index (χ4n) is 3.17. The van der Waals surface area contributed by atoms with Gasteiger partial charge in [-0.15, -0.1) is 0 Å². The summed E-state index contributed by atoms with van der Waals surface area (Å²) in [7, 11) is 0. The molecule has 5 nitrogen and oxygen atoms in total. The van der Waals surface area contributed by atoms with Gasteiger partial charge < -0.3 is 22.5 Å². The Morgan fingerprint density at radius 1 is 0.885 bits per heavy atom. The molecule has 3 aromatic rings. The van der Waals surface area contributed by atoms with Gasteiger partial charge in [0.2, 0.25) is 0 Å². The van der Waals surface area contributed by atoms with Crippen molar-refractivity contribution in [3.8, 4) is 0 Å². The predicted molar refractivity (Wildman–Crippen MR) is 109 cm³/mol. The second-order valence-corrected chi connectivity index (χ2v) is 6.35. The standard InChI is InChI=1S/C21H25N5/c22-19-13-18(20(23)21(24)26-19)17(16-9-5-2-6-10-16)11-12-25-14-15-7-3-1-4-8-15/h1-10,13,17,25H,11-12,14,23H2,(H4,22,24,26). The van der Waals surface area contributed by atoms with Crippen LogP contribution in [0.25, 0.3) is 0 Å². The molecule has 1 atom stereocenters. The highest BCUT2D eigenvalue weighted by atomic mass is 14.9. The molecule has 134 valence electrons. The molecule has 5 heteroatoms. The summed E-state index contributed by atoms with van der Waals surface area (Å²) in [6.07, 6.45) is 0.879. The van der Waals surface area contributed by atoms with Crippen molar-refractivity contribution < 1.29 is 0 Å². The minimum Gasteiger partial charge on any atom is -0.396 e. The number of nitrogens with one attached hydrogen (secondary N) is 1. The van der Waals surface area contributed by atoms with E-state index >= 15 is 0 Å². The molecule has 3 rings (SSSR count). The number of nitrogens with two attached hydrogens (primary N) is 3. The third-order valence-electron chi connectivity index (χ3n) is 4.50. The molecule has 0 bridgehead atoms. The van der Waals surface area contributed by atoms with Crippen molar-refractivity contribution in [2.75, 3.05) is 23.7 Å². The summed E-state index contributed by atoms with van der Waals surface area (Å²) in [4.78, 5) is 4.06. The molecule has 26 heavy (non-hydrogen) atoms. The van der Waals surface area contributed by atoms with Crippen molar-refractivity contribution in [2.24, 2.45) is 0 Å². The summed E-state index contributed by atoms with van der Waals surface area (Å²) in [5, 5.41) is 3.50. The molecule has 0 saturated heterocycles. The molecule has 1 unspecified atom stereocenters. The van der Waals surface area contributed by atoms with Gasteiger partial charge in [-0.2, -0.15) is 0 Å². The van der Waals surface area contributed by atoms with E-state index in [1.807, 2.05) is 42.5 Å². The highest BCUT2D eigenvalue weighted by molar-refractivity contribution is 5.68. The van der Waals surface area contributed by atoms with Crippen LogP contribution in [-0.2, 0) is 6.54 Å². The van der Waals surface area contributed by atoms with Gasteiger partial charge in [-0.3, -0.25) is 0 Å². The largest absolute Gasteiger partial charge is 0.396 e. The van der Waals surface area contributed by atoms with E-state index in [1.54, 1.807) is 0 Å². The Kier molecular flexibility index (Phi) is 5.71. The van der Waals surface area contributed by atoms with Crippen molar-refractivity contribution in [2.45, 2.75) is 18.9 Å². The van der Waals surface area contributed by atoms with Gasteiger partial charge >= 0.3 is 0 Å². The molecule has 0 fully saturated rings. The zero-order valence-electron chi connectivity index (χ0n) is 14.7. The van der Waals surface area contributed by atoms with E-state index in [4.69, 9.17) is 17.2 Å². The first-order chi connectivity index (χ1) is 12.6. The molecule has 0 saturated carbocycles. The van der Waals surface area contributed by atoms with Crippen LogP contribution in [-0.4, -0.2) is 11.5 Å². The molecule has 0 spiro atoms. The SMILES string of the molecule is Nc1cc(C(CCNCc2ccccc2)c2ccccc2)c(N)c(N)n1. The fraction of sp³-hybridized carbons (Fsp3) is 0.190. The Morgan fingerprint density at radius 2 is 1.54 bits per heavy atom. The molecule has 7 N–H and O–H groups in total. The summed E-state index contributed by atoms with van der Waals surface area (Å²) in [6.45, 7) is 1.68. The number of aromatic nitrogens is 1. The minimum absolute atomic E-state index is 0.104. The van der Waals surface area contributed by atoms with Crippen molar-refractivity contribution in [1.29, 1.82) is 0 Å². The van der Waals surface area contributed by atoms with E-state index in [1.165, 1.54) is 11.1 Å². The maximum Gasteiger partial charge on any atom is 0.149 e. The Labute approximate surface area is 154 Å². The average Bonchev–Trinajstić information content (AvgIpc) is 2.66. The van der Waals surface area contributed by atoms with Crippen LogP contribution in [0.4, 0.5) is 17.3 Å². The number of hydrogen-bond acceptors (Lipinski definition) is 5. The van der Waals surface area contributed by atoms with Crippen LogP contribution in [0.15, 0.2) is 66.7 Å². The number of nitrogen functional groups attached to an aromatic ring is 3. The minimum atomic E-state index is 0.104. The number of pyridine rings is 1. The first-order valence-electron chi connectivity index (χ1n) is 8.76. The van der Waals surface area contributed by atoms with Gasteiger partial charge in [0.25, 0.3) is 0 Å². The summed E-state index contributed by atoms with van der Waals surface area (Å²) >= 11 is 0. The monoisotopic (exact) mass is 347 g/mol. The van der Waals surface area contributed by atoms with Crippen molar-refractivity contribution in [1.82, 2.24) is 10.3 Å². The van der Waals surface area contributed by atoms with Gasteiger partial charge in [-0.05, 0) is 35.7 Å². The molecule has 0 aliphatic rings. The maximum absolute atomic E-state index is 6.22. The van der Waals surface area contributed by atoms with Crippen molar-refractivity contribution in [3.63, 3.8) is 0 Å². The maximum atomic E-state index is 6.22. The van der Waals surface area contributed by atoms with Gasteiger partial charge in [0.1, 0.15) is 11.6 Å². The van der Waals surface area contributed by atoms with E-state index in [0.29, 0.717) is 11.5 Å². The lowest BCUT2D eigenvalue weighted by Gasteiger charge is -2.21. The Morgan fingerprint density at radius 3 is 2.23 bits per heavy atom. The van der Waals surface area contributed by atoms with Gasteiger partial charge in [-0.1, -0.05) is 60.7 Å². The number of hydrogen-bond donors (Lipinski definition) is 4. The van der Waals surface area contributed by atoms with Crippen LogP contribution in [0.5, 0.6) is 0 Å². The zero-order valence-corrected chi connectivity index (χ0v) is 14.7. The van der Waals surface area contributed by atoms with Crippen LogP contribution in [0.3, 0.4) is 0 Å². The molecule has 0 radical (unpaired) electrons. The second-order valence-electron chi connectivity index (χ2n) is 6.35. The summed E-state index contributed by atoms with van der Waals surface area (Å²) < 4.78 is 0. The number of benzene rings is 2.